The molecule has 2 aliphatic rings. The molecule has 100 valence electrons. The van der Waals surface area contributed by atoms with Gasteiger partial charge in [0.05, 0.1) is 6.10 Å². The molecule has 0 aromatic carbocycles. The molecule has 0 amide bonds. The molecule has 2 fully saturated rings. The summed E-state index contributed by atoms with van der Waals surface area (Å²) in [5.41, 5.74) is 0.125. The highest BCUT2D eigenvalue weighted by Crippen LogP contribution is 2.41. The van der Waals surface area contributed by atoms with Crippen LogP contribution in [0.2, 0.25) is 0 Å². The molecular weight excluding hydrogens is 210 g/mol. The second-order valence-electron chi connectivity index (χ2n) is 7.16. The van der Waals surface area contributed by atoms with Crippen molar-refractivity contribution in [1.82, 2.24) is 4.90 Å². The van der Waals surface area contributed by atoms with Crippen molar-refractivity contribution in [2.75, 3.05) is 13.1 Å². The maximum absolute atomic E-state index is 10.4. The second-order valence-corrected chi connectivity index (χ2v) is 7.16. The van der Waals surface area contributed by atoms with Crippen LogP contribution in [0.5, 0.6) is 0 Å². The molecule has 0 aromatic heterocycles. The standard InChI is InChI=1S/C15H29NO/c1-11(2)12-6-9-16(10-7-12)13-5-8-15(3,4)14(13)17/h11-14,17H,5-10H2,1-4H3. The maximum atomic E-state index is 10.4. The fourth-order valence-electron chi connectivity index (χ4n) is 3.65. The first-order chi connectivity index (χ1) is 7.92. The van der Waals surface area contributed by atoms with Crippen LogP contribution in [0, 0.1) is 17.3 Å². The average molecular weight is 239 g/mol. The van der Waals surface area contributed by atoms with E-state index < -0.39 is 0 Å². The summed E-state index contributed by atoms with van der Waals surface area (Å²) in [5, 5.41) is 10.4. The molecule has 1 heterocycles. The van der Waals surface area contributed by atoms with E-state index >= 15 is 0 Å². The Balaban J connectivity index is 1.90. The van der Waals surface area contributed by atoms with E-state index in [2.05, 4.69) is 32.6 Å². The lowest BCUT2D eigenvalue weighted by molar-refractivity contribution is 0.000122. The van der Waals surface area contributed by atoms with Gasteiger partial charge >= 0.3 is 0 Å². The monoisotopic (exact) mass is 239 g/mol. The minimum Gasteiger partial charge on any atom is -0.391 e. The molecular formula is C15H29NO. The number of piperidine rings is 1. The minimum absolute atomic E-state index is 0.125. The fraction of sp³-hybridized carbons (Fsp3) is 1.00. The molecule has 1 aliphatic carbocycles. The van der Waals surface area contributed by atoms with E-state index in [1.54, 1.807) is 0 Å². The number of aliphatic hydroxyl groups is 1. The second kappa shape index (κ2) is 4.89. The van der Waals surface area contributed by atoms with Gasteiger partial charge in [-0.3, -0.25) is 4.90 Å². The van der Waals surface area contributed by atoms with Gasteiger partial charge in [-0.1, -0.05) is 27.7 Å². The molecule has 2 atom stereocenters. The van der Waals surface area contributed by atoms with Crippen LogP contribution in [-0.4, -0.2) is 35.2 Å². The third kappa shape index (κ3) is 2.68. The molecule has 2 heteroatoms. The molecule has 17 heavy (non-hydrogen) atoms. The Bertz CT molecular complexity index is 254. The number of hydrogen-bond acceptors (Lipinski definition) is 2. The lowest BCUT2D eigenvalue weighted by Gasteiger charge is -2.39. The number of nitrogens with zero attached hydrogens (tertiary/aromatic N) is 1. The molecule has 2 nitrogen and oxygen atoms in total. The summed E-state index contributed by atoms with van der Waals surface area (Å²) in [7, 11) is 0. The lowest BCUT2D eigenvalue weighted by atomic mass is 9.85. The summed E-state index contributed by atoms with van der Waals surface area (Å²) in [6, 6.07) is 0.429. The number of aliphatic hydroxyl groups excluding tert-OH is 1. The molecule has 1 N–H and O–H groups in total. The molecule has 0 aromatic rings. The van der Waals surface area contributed by atoms with Crippen molar-refractivity contribution >= 4 is 0 Å². The van der Waals surface area contributed by atoms with Crippen LogP contribution in [0.25, 0.3) is 0 Å². The van der Waals surface area contributed by atoms with Gasteiger partial charge in [0.2, 0.25) is 0 Å². The first kappa shape index (κ1) is 13.4. The zero-order chi connectivity index (χ0) is 12.6. The average Bonchev–Trinajstić information content (AvgIpc) is 2.55. The summed E-state index contributed by atoms with van der Waals surface area (Å²) < 4.78 is 0. The summed E-state index contributed by atoms with van der Waals surface area (Å²) >= 11 is 0. The van der Waals surface area contributed by atoms with Crippen LogP contribution < -0.4 is 0 Å². The van der Waals surface area contributed by atoms with Gasteiger partial charge in [0.1, 0.15) is 0 Å². The summed E-state index contributed by atoms with van der Waals surface area (Å²) in [5.74, 6) is 1.72. The van der Waals surface area contributed by atoms with Crippen molar-refractivity contribution in [2.45, 2.75) is 65.5 Å². The molecule has 1 saturated heterocycles. The third-order valence-electron chi connectivity index (χ3n) is 5.24. The quantitative estimate of drug-likeness (QED) is 0.801. The molecule has 0 radical (unpaired) electrons. The van der Waals surface area contributed by atoms with Crippen LogP contribution in [0.4, 0.5) is 0 Å². The molecule has 1 aliphatic heterocycles. The van der Waals surface area contributed by atoms with Gasteiger partial charge in [0.25, 0.3) is 0 Å². The Labute approximate surface area is 106 Å². The first-order valence-corrected chi connectivity index (χ1v) is 7.34. The van der Waals surface area contributed by atoms with Gasteiger partial charge in [0.15, 0.2) is 0 Å². The van der Waals surface area contributed by atoms with Crippen molar-refractivity contribution in [3.8, 4) is 0 Å². The number of rotatable bonds is 2. The Morgan fingerprint density at radius 3 is 2.12 bits per heavy atom. The highest BCUT2D eigenvalue weighted by Gasteiger charge is 2.43. The molecule has 1 saturated carbocycles. The van der Waals surface area contributed by atoms with Crippen LogP contribution in [0.1, 0.15) is 53.4 Å². The van der Waals surface area contributed by atoms with Crippen LogP contribution in [0.3, 0.4) is 0 Å². The van der Waals surface area contributed by atoms with E-state index in [0.29, 0.717) is 6.04 Å². The van der Waals surface area contributed by atoms with Gasteiger partial charge < -0.3 is 5.11 Å². The van der Waals surface area contributed by atoms with Gasteiger partial charge in [-0.25, -0.2) is 0 Å². The minimum atomic E-state index is -0.127. The SMILES string of the molecule is CC(C)C1CCN(C2CCC(C)(C)C2O)CC1. The predicted molar refractivity (Wildman–Crippen MR) is 71.9 cm³/mol. The van der Waals surface area contributed by atoms with Crippen LogP contribution in [-0.2, 0) is 0 Å². The molecule has 2 unspecified atom stereocenters. The highest BCUT2D eigenvalue weighted by atomic mass is 16.3. The Hall–Kier alpha value is -0.0800. The summed E-state index contributed by atoms with van der Waals surface area (Å²) in [6.07, 6.45) is 4.87. The Morgan fingerprint density at radius 1 is 1.12 bits per heavy atom. The topological polar surface area (TPSA) is 23.5 Å². The predicted octanol–water partition coefficient (Wildman–Crippen LogP) is 2.90. The van der Waals surface area contributed by atoms with Gasteiger partial charge in [-0.2, -0.15) is 0 Å². The lowest BCUT2D eigenvalue weighted by Crippen LogP contribution is -2.48. The van der Waals surface area contributed by atoms with Crippen molar-refractivity contribution in [3.05, 3.63) is 0 Å². The first-order valence-electron chi connectivity index (χ1n) is 7.34. The van der Waals surface area contributed by atoms with E-state index in [0.717, 1.165) is 11.8 Å². The van der Waals surface area contributed by atoms with E-state index in [1.807, 2.05) is 0 Å². The van der Waals surface area contributed by atoms with E-state index in [1.165, 1.54) is 38.8 Å². The van der Waals surface area contributed by atoms with Crippen molar-refractivity contribution in [1.29, 1.82) is 0 Å². The smallest absolute Gasteiger partial charge is 0.0746 e. The van der Waals surface area contributed by atoms with Gasteiger partial charge in [-0.05, 0) is 56.0 Å². The van der Waals surface area contributed by atoms with Crippen LogP contribution >= 0.6 is 0 Å². The van der Waals surface area contributed by atoms with Crippen molar-refractivity contribution in [2.24, 2.45) is 17.3 Å². The largest absolute Gasteiger partial charge is 0.391 e. The highest BCUT2D eigenvalue weighted by molar-refractivity contribution is 4.97. The maximum Gasteiger partial charge on any atom is 0.0746 e. The van der Waals surface area contributed by atoms with Gasteiger partial charge in [-0.15, -0.1) is 0 Å². The van der Waals surface area contributed by atoms with E-state index in [4.69, 9.17) is 0 Å². The Morgan fingerprint density at radius 2 is 1.71 bits per heavy atom. The van der Waals surface area contributed by atoms with Crippen LogP contribution in [0.15, 0.2) is 0 Å². The van der Waals surface area contributed by atoms with E-state index in [9.17, 15) is 5.11 Å². The Kier molecular flexibility index (Phi) is 3.84. The number of hydrogen-bond donors (Lipinski definition) is 1. The molecule has 2 rings (SSSR count). The fourth-order valence-corrected chi connectivity index (χ4v) is 3.65. The molecule has 0 spiro atoms. The summed E-state index contributed by atoms with van der Waals surface area (Å²) in [6.45, 7) is 11.5. The zero-order valence-corrected chi connectivity index (χ0v) is 11.9. The van der Waals surface area contributed by atoms with Gasteiger partial charge in [0, 0.05) is 6.04 Å². The van der Waals surface area contributed by atoms with Crippen molar-refractivity contribution in [3.63, 3.8) is 0 Å². The number of likely N-dealkylation sites (tertiary alicyclic amines) is 1. The van der Waals surface area contributed by atoms with Crippen molar-refractivity contribution < 1.29 is 5.11 Å². The zero-order valence-electron chi connectivity index (χ0n) is 11.9. The summed E-state index contributed by atoms with van der Waals surface area (Å²) in [4.78, 5) is 2.55. The molecule has 0 bridgehead atoms. The third-order valence-corrected chi connectivity index (χ3v) is 5.24. The van der Waals surface area contributed by atoms with E-state index in [-0.39, 0.29) is 11.5 Å². The normalized spacial score (nSPS) is 35.6.